The number of benzene rings is 2. The number of nitrogens with zero attached hydrogens (tertiary/aromatic N) is 2. The fourth-order valence-corrected chi connectivity index (χ4v) is 5.21. The van der Waals surface area contributed by atoms with Gasteiger partial charge < -0.3 is 10.1 Å². The molecule has 0 saturated heterocycles. The van der Waals surface area contributed by atoms with Crippen LogP contribution in [-0.2, 0) is 9.53 Å². The third-order valence-corrected chi connectivity index (χ3v) is 7.42. The zero-order valence-corrected chi connectivity index (χ0v) is 21.4. The Morgan fingerprint density at radius 3 is 2.70 bits per heavy atom. The number of rotatable bonds is 13. The first kappa shape index (κ1) is 25.5. The number of carbonyl (C=O) groups excluding carboxylic acids is 1. The predicted molar refractivity (Wildman–Crippen MR) is 140 cm³/mol. The molecule has 0 bridgehead atoms. The summed E-state index contributed by atoms with van der Waals surface area (Å²) in [5, 5.41) is 14.1. The van der Waals surface area contributed by atoms with Gasteiger partial charge >= 0.3 is 5.97 Å². The van der Waals surface area contributed by atoms with Gasteiger partial charge in [0.1, 0.15) is 0 Å². The standard InChI is InChI=1S/C25H30ClN3O2S2/c1-3-5-8-18(4-2)17-31-23(30)15-16-32-22-10-7-6-9-21(22)24-28-29-25(33-24)27-20-13-11-19(26)12-14-20/h6-7,9-14,18H,3-5,8,15-17H2,1-2H3,(H,27,29). The molecule has 0 spiro atoms. The maximum absolute atomic E-state index is 12.2. The van der Waals surface area contributed by atoms with E-state index in [1.165, 1.54) is 24.2 Å². The van der Waals surface area contributed by atoms with Crippen molar-refractivity contribution in [3.63, 3.8) is 0 Å². The average molecular weight is 504 g/mol. The Morgan fingerprint density at radius 1 is 1.15 bits per heavy atom. The van der Waals surface area contributed by atoms with Gasteiger partial charge in [-0.3, -0.25) is 4.79 Å². The van der Waals surface area contributed by atoms with E-state index in [1.54, 1.807) is 11.8 Å². The number of ether oxygens (including phenoxy) is 1. The van der Waals surface area contributed by atoms with Crippen molar-refractivity contribution < 1.29 is 9.53 Å². The van der Waals surface area contributed by atoms with Gasteiger partial charge in [-0.05, 0) is 42.7 Å². The molecule has 1 N–H and O–H groups in total. The van der Waals surface area contributed by atoms with Crippen LogP contribution in [-0.4, -0.2) is 28.5 Å². The van der Waals surface area contributed by atoms with Crippen LogP contribution in [0.1, 0.15) is 46.0 Å². The lowest BCUT2D eigenvalue weighted by Gasteiger charge is -2.14. The van der Waals surface area contributed by atoms with Crippen LogP contribution in [0.2, 0.25) is 5.02 Å². The normalized spacial score (nSPS) is 11.8. The molecule has 1 atom stereocenters. The molecule has 3 rings (SSSR count). The second-order valence-corrected chi connectivity index (χ2v) is 10.3. The van der Waals surface area contributed by atoms with E-state index in [0.717, 1.165) is 34.0 Å². The number of hydrogen-bond donors (Lipinski definition) is 1. The highest BCUT2D eigenvalue weighted by atomic mass is 35.5. The Kier molecular flexibility index (Phi) is 10.5. The molecular weight excluding hydrogens is 474 g/mol. The molecule has 0 radical (unpaired) electrons. The summed E-state index contributed by atoms with van der Waals surface area (Å²) in [5.74, 6) is 1.01. The SMILES string of the molecule is CCCCC(CC)COC(=O)CCSc1ccccc1-c1nnc(Nc2ccc(Cl)cc2)s1. The number of anilines is 2. The second-order valence-electron chi connectivity index (χ2n) is 7.74. The molecule has 0 aliphatic rings. The van der Waals surface area contributed by atoms with E-state index in [4.69, 9.17) is 16.3 Å². The van der Waals surface area contributed by atoms with E-state index < -0.39 is 0 Å². The maximum atomic E-state index is 12.2. The van der Waals surface area contributed by atoms with Crippen LogP contribution in [0.3, 0.4) is 0 Å². The average Bonchev–Trinajstić information content (AvgIpc) is 3.29. The number of aromatic nitrogens is 2. The molecule has 0 saturated carbocycles. The zero-order chi connectivity index (χ0) is 23.5. The first-order valence-corrected chi connectivity index (χ1v) is 13.5. The lowest BCUT2D eigenvalue weighted by Crippen LogP contribution is -2.14. The molecule has 0 aliphatic heterocycles. The first-order valence-electron chi connectivity index (χ1n) is 11.3. The first-order chi connectivity index (χ1) is 16.1. The third kappa shape index (κ3) is 8.32. The van der Waals surface area contributed by atoms with Crippen LogP contribution in [0.25, 0.3) is 10.6 Å². The van der Waals surface area contributed by atoms with Crippen molar-refractivity contribution in [2.45, 2.75) is 50.8 Å². The number of hydrogen-bond acceptors (Lipinski definition) is 7. The lowest BCUT2D eigenvalue weighted by molar-refractivity contribution is -0.144. The highest BCUT2D eigenvalue weighted by Gasteiger charge is 2.13. The smallest absolute Gasteiger partial charge is 0.306 e. The Hall–Kier alpha value is -2.09. The summed E-state index contributed by atoms with van der Waals surface area (Å²) in [6.07, 6.45) is 4.92. The van der Waals surface area contributed by atoms with Gasteiger partial charge in [0.2, 0.25) is 5.13 Å². The largest absolute Gasteiger partial charge is 0.465 e. The molecule has 2 aromatic carbocycles. The molecule has 33 heavy (non-hydrogen) atoms. The van der Waals surface area contributed by atoms with Gasteiger partial charge in [-0.1, -0.05) is 74.2 Å². The van der Waals surface area contributed by atoms with Crippen molar-refractivity contribution in [1.82, 2.24) is 10.2 Å². The van der Waals surface area contributed by atoms with E-state index in [1.807, 2.05) is 42.5 Å². The topological polar surface area (TPSA) is 64.1 Å². The highest BCUT2D eigenvalue weighted by molar-refractivity contribution is 7.99. The van der Waals surface area contributed by atoms with Crippen LogP contribution < -0.4 is 5.32 Å². The van der Waals surface area contributed by atoms with Crippen molar-refractivity contribution in [3.8, 4) is 10.6 Å². The van der Waals surface area contributed by atoms with Crippen molar-refractivity contribution in [2.24, 2.45) is 5.92 Å². The molecule has 176 valence electrons. The summed E-state index contributed by atoms with van der Waals surface area (Å²) >= 11 is 9.08. The minimum atomic E-state index is -0.125. The summed E-state index contributed by atoms with van der Waals surface area (Å²) in [6, 6.07) is 15.5. The van der Waals surface area contributed by atoms with E-state index in [0.29, 0.717) is 34.9 Å². The Balaban J connectivity index is 1.53. The van der Waals surface area contributed by atoms with Gasteiger partial charge in [-0.2, -0.15) is 0 Å². The van der Waals surface area contributed by atoms with E-state index in [2.05, 4.69) is 35.4 Å². The van der Waals surface area contributed by atoms with E-state index in [9.17, 15) is 4.79 Å². The van der Waals surface area contributed by atoms with Gasteiger partial charge in [0.05, 0.1) is 13.0 Å². The molecule has 0 amide bonds. The molecule has 1 aromatic heterocycles. The summed E-state index contributed by atoms with van der Waals surface area (Å²) in [7, 11) is 0. The predicted octanol–water partition coefficient (Wildman–Crippen LogP) is 7.84. The van der Waals surface area contributed by atoms with Gasteiger partial charge in [0, 0.05) is 26.9 Å². The number of thioether (sulfide) groups is 1. The second kappa shape index (κ2) is 13.6. The van der Waals surface area contributed by atoms with Crippen molar-refractivity contribution in [1.29, 1.82) is 0 Å². The summed E-state index contributed by atoms with van der Waals surface area (Å²) < 4.78 is 5.52. The number of nitrogens with one attached hydrogen (secondary N) is 1. The summed E-state index contributed by atoms with van der Waals surface area (Å²) in [5.41, 5.74) is 1.92. The maximum Gasteiger partial charge on any atom is 0.306 e. The van der Waals surface area contributed by atoms with Crippen LogP contribution in [0.5, 0.6) is 0 Å². The number of halogens is 1. The molecule has 8 heteroatoms. The quantitative estimate of drug-likeness (QED) is 0.189. The highest BCUT2D eigenvalue weighted by Crippen LogP contribution is 2.35. The molecule has 0 fully saturated rings. The number of unbranched alkanes of at least 4 members (excludes halogenated alkanes) is 1. The monoisotopic (exact) mass is 503 g/mol. The van der Waals surface area contributed by atoms with Crippen LogP contribution >= 0.6 is 34.7 Å². The Bertz CT molecular complexity index is 1010. The third-order valence-electron chi connectivity index (χ3n) is 5.23. The van der Waals surface area contributed by atoms with Gasteiger partial charge in [0.25, 0.3) is 0 Å². The minimum absolute atomic E-state index is 0.125. The fourth-order valence-electron chi connectivity index (χ4n) is 3.23. The van der Waals surface area contributed by atoms with Gasteiger partial charge in [0.15, 0.2) is 5.01 Å². The fraction of sp³-hybridized carbons (Fsp3) is 0.400. The van der Waals surface area contributed by atoms with Crippen LogP contribution in [0, 0.1) is 5.92 Å². The summed E-state index contributed by atoms with van der Waals surface area (Å²) in [6.45, 7) is 4.88. The van der Waals surface area contributed by atoms with Crippen LogP contribution in [0.4, 0.5) is 10.8 Å². The summed E-state index contributed by atoms with van der Waals surface area (Å²) in [4.78, 5) is 13.3. The van der Waals surface area contributed by atoms with Gasteiger partial charge in [-0.15, -0.1) is 22.0 Å². The van der Waals surface area contributed by atoms with Crippen molar-refractivity contribution in [2.75, 3.05) is 17.7 Å². The molecule has 3 aromatic rings. The van der Waals surface area contributed by atoms with Crippen LogP contribution in [0.15, 0.2) is 53.4 Å². The zero-order valence-electron chi connectivity index (χ0n) is 19.1. The van der Waals surface area contributed by atoms with E-state index >= 15 is 0 Å². The molecule has 5 nitrogen and oxygen atoms in total. The number of carbonyl (C=O) groups is 1. The van der Waals surface area contributed by atoms with Gasteiger partial charge in [-0.25, -0.2) is 0 Å². The van der Waals surface area contributed by atoms with Crippen molar-refractivity contribution >= 4 is 51.5 Å². The number of esters is 1. The van der Waals surface area contributed by atoms with E-state index in [-0.39, 0.29) is 5.97 Å². The Labute approximate surface area is 209 Å². The molecule has 1 heterocycles. The minimum Gasteiger partial charge on any atom is -0.465 e. The molecule has 1 unspecified atom stereocenters. The lowest BCUT2D eigenvalue weighted by atomic mass is 10.0. The molecule has 0 aliphatic carbocycles. The molecular formula is C25H30ClN3O2S2. The van der Waals surface area contributed by atoms with Crippen molar-refractivity contribution in [3.05, 3.63) is 53.6 Å². The Morgan fingerprint density at radius 2 is 1.94 bits per heavy atom.